The highest BCUT2D eigenvalue weighted by atomic mass is 19.3. The molecule has 0 radical (unpaired) electrons. The minimum Gasteiger partial charge on any atom is -0.492 e. The van der Waals surface area contributed by atoms with Gasteiger partial charge in [0.25, 0.3) is 0 Å². The molecule has 0 unspecified atom stereocenters. The molecule has 0 aromatic heterocycles. The molecule has 0 aliphatic carbocycles. The number of alkyl halides is 2. The third-order valence-electron chi connectivity index (χ3n) is 4.41. The predicted octanol–water partition coefficient (Wildman–Crippen LogP) is 3.63. The molecule has 2 aliphatic rings. The number of carbonyl (C=O) groups is 1. The third kappa shape index (κ3) is 3.47. The van der Waals surface area contributed by atoms with Crippen molar-refractivity contribution >= 4 is 5.97 Å². The summed E-state index contributed by atoms with van der Waals surface area (Å²) in [4.78, 5) is 11.5. The van der Waals surface area contributed by atoms with Gasteiger partial charge in [-0.2, -0.15) is 0 Å². The number of hydrogen-bond acceptors (Lipinski definition) is 6. The van der Waals surface area contributed by atoms with Crippen LogP contribution in [-0.4, -0.2) is 26.0 Å². The Kier molecular flexibility index (Phi) is 4.25. The van der Waals surface area contributed by atoms with Crippen LogP contribution in [0.5, 0.6) is 23.0 Å². The number of carbonyl (C=O) groups excluding carboxylic acids is 1. The second-order valence-corrected chi connectivity index (χ2v) is 6.19. The highest BCUT2D eigenvalue weighted by Gasteiger charge is 2.44. The van der Waals surface area contributed by atoms with Gasteiger partial charge in [0.2, 0.25) is 0 Å². The monoisotopic (exact) mass is 378 g/mol. The van der Waals surface area contributed by atoms with E-state index in [2.05, 4.69) is 9.47 Å². The molecule has 1 atom stereocenters. The van der Waals surface area contributed by atoms with Crippen LogP contribution in [0.25, 0.3) is 0 Å². The normalized spacial score (nSPS) is 18.6. The lowest BCUT2D eigenvalue weighted by Crippen LogP contribution is -2.26. The third-order valence-corrected chi connectivity index (χ3v) is 4.41. The van der Waals surface area contributed by atoms with Crippen molar-refractivity contribution in [1.29, 1.82) is 0 Å². The van der Waals surface area contributed by atoms with Gasteiger partial charge in [-0.05, 0) is 12.1 Å². The lowest BCUT2D eigenvalue weighted by Gasteiger charge is -2.10. The Morgan fingerprint density at radius 2 is 2.07 bits per heavy atom. The topological polar surface area (TPSA) is 63.2 Å². The van der Waals surface area contributed by atoms with Gasteiger partial charge in [-0.25, -0.2) is 0 Å². The molecule has 0 saturated carbocycles. The first kappa shape index (κ1) is 17.4. The number of para-hydroxylation sites is 1. The lowest BCUT2D eigenvalue weighted by molar-refractivity contribution is -0.287. The van der Waals surface area contributed by atoms with E-state index < -0.39 is 6.29 Å². The summed E-state index contributed by atoms with van der Waals surface area (Å²) >= 11 is 0. The maximum atomic E-state index is 13.2. The van der Waals surface area contributed by atoms with Crippen molar-refractivity contribution < 1.29 is 37.3 Å². The van der Waals surface area contributed by atoms with Crippen LogP contribution in [0.4, 0.5) is 8.78 Å². The fourth-order valence-corrected chi connectivity index (χ4v) is 3.10. The Balaban J connectivity index is 1.46. The average Bonchev–Trinajstić information content (AvgIpc) is 3.18. The van der Waals surface area contributed by atoms with Gasteiger partial charge < -0.3 is 23.7 Å². The van der Waals surface area contributed by atoms with E-state index >= 15 is 0 Å². The van der Waals surface area contributed by atoms with Crippen LogP contribution in [0.3, 0.4) is 0 Å². The quantitative estimate of drug-likeness (QED) is 0.741. The van der Waals surface area contributed by atoms with E-state index in [1.807, 2.05) is 6.07 Å². The molecule has 0 bridgehead atoms. The van der Waals surface area contributed by atoms with Crippen molar-refractivity contribution in [2.24, 2.45) is 0 Å². The molecule has 0 fully saturated rings. The summed E-state index contributed by atoms with van der Waals surface area (Å²) in [5.74, 6) is 0.726. The zero-order chi connectivity index (χ0) is 19.0. The van der Waals surface area contributed by atoms with E-state index in [4.69, 9.17) is 14.2 Å². The first-order valence-corrected chi connectivity index (χ1v) is 8.29. The summed E-state index contributed by atoms with van der Waals surface area (Å²) < 4.78 is 51.5. The molecule has 27 heavy (non-hydrogen) atoms. The van der Waals surface area contributed by atoms with Gasteiger partial charge in [0.1, 0.15) is 18.1 Å². The smallest absolute Gasteiger partial charge is 0.492 e. The van der Waals surface area contributed by atoms with Gasteiger partial charge >= 0.3 is 12.3 Å². The van der Waals surface area contributed by atoms with Crippen LogP contribution < -0.4 is 18.9 Å². The molecule has 0 amide bonds. The molecular weight excluding hydrogens is 362 g/mol. The molecule has 2 aromatic carbocycles. The summed E-state index contributed by atoms with van der Waals surface area (Å²) in [7, 11) is 1.35. The number of rotatable bonds is 5. The van der Waals surface area contributed by atoms with Crippen LogP contribution in [-0.2, 0) is 16.1 Å². The van der Waals surface area contributed by atoms with Gasteiger partial charge in [-0.1, -0.05) is 18.2 Å². The Morgan fingerprint density at radius 1 is 1.22 bits per heavy atom. The van der Waals surface area contributed by atoms with Crippen molar-refractivity contribution in [3.05, 3.63) is 47.5 Å². The molecule has 2 heterocycles. The van der Waals surface area contributed by atoms with Gasteiger partial charge in [0.15, 0.2) is 11.5 Å². The molecular formula is C19H16F2O6. The Morgan fingerprint density at radius 3 is 2.89 bits per heavy atom. The highest BCUT2D eigenvalue weighted by Crippen LogP contribution is 2.44. The molecule has 0 saturated heterocycles. The number of hydrogen-bond donors (Lipinski definition) is 0. The zero-order valence-electron chi connectivity index (χ0n) is 14.4. The van der Waals surface area contributed by atoms with Crippen LogP contribution in [0.15, 0.2) is 36.4 Å². The maximum Gasteiger partial charge on any atom is 0.586 e. The minimum atomic E-state index is -3.67. The van der Waals surface area contributed by atoms with Gasteiger partial charge in [0.05, 0.1) is 20.1 Å². The summed E-state index contributed by atoms with van der Waals surface area (Å²) in [6.45, 7) is 0.410. The summed E-state index contributed by atoms with van der Waals surface area (Å²) in [6, 6.07) is 9.90. The maximum absolute atomic E-state index is 13.2. The molecule has 2 aromatic rings. The van der Waals surface area contributed by atoms with E-state index in [0.717, 1.165) is 5.56 Å². The summed E-state index contributed by atoms with van der Waals surface area (Å²) in [6.07, 6.45) is -3.43. The fraction of sp³-hybridized carbons (Fsp3) is 0.316. The fourth-order valence-electron chi connectivity index (χ4n) is 3.10. The van der Waals surface area contributed by atoms with Crippen molar-refractivity contribution in [2.45, 2.75) is 25.2 Å². The van der Waals surface area contributed by atoms with Crippen molar-refractivity contribution in [3.8, 4) is 23.0 Å². The lowest BCUT2D eigenvalue weighted by atomic mass is 9.98. The van der Waals surface area contributed by atoms with Crippen LogP contribution in [0, 0.1) is 0 Å². The van der Waals surface area contributed by atoms with Crippen molar-refractivity contribution in [2.75, 3.05) is 13.7 Å². The van der Waals surface area contributed by atoms with E-state index in [1.54, 1.807) is 24.3 Å². The van der Waals surface area contributed by atoms with Crippen molar-refractivity contribution in [1.82, 2.24) is 0 Å². The van der Waals surface area contributed by atoms with Crippen LogP contribution in [0.2, 0.25) is 0 Å². The van der Waals surface area contributed by atoms with E-state index in [0.29, 0.717) is 23.7 Å². The molecule has 2 aliphatic heterocycles. The van der Waals surface area contributed by atoms with Gasteiger partial charge in [-0.3, -0.25) is 4.79 Å². The molecule has 0 N–H and O–H groups in total. The number of ether oxygens (including phenoxy) is 5. The first-order chi connectivity index (χ1) is 12.9. The van der Waals surface area contributed by atoms with Crippen LogP contribution >= 0.6 is 0 Å². The Labute approximate surface area is 153 Å². The summed E-state index contributed by atoms with van der Waals surface area (Å²) in [5, 5.41) is 0. The Hall–Kier alpha value is -3.03. The molecule has 4 rings (SSSR count). The zero-order valence-corrected chi connectivity index (χ0v) is 14.4. The number of benzene rings is 2. The Bertz CT molecular complexity index is 882. The molecule has 142 valence electrons. The highest BCUT2D eigenvalue weighted by molar-refractivity contribution is 5.71. The van der Waals surface area contributed by atoms with E-state index in [9.17, 15) is 13.6 Å². The number of halogens is 2. The first-order valence-electron chi connectivity index (χ1n) is 8.29. The average molecular weight is 378 g/mol. The second-order valence-electron chi connectivity index (χ2n) is 6.19. The largest absolute Gasteiger partial charge is 0.586 e. The summed E-state index contributed by atoms with van der Waals surface area (Å²) in [5.41, 5.74) is 1.35. The molecule has 8 heteroatoms. The van der Waals surface area contributed by atoms with Gasteiger partial charge in [0, 0.05) is 23.1 Å². The minimum absolute atomic E-state index is 0.0208. The predicted molar refractivity (Wildman–Crippen MR) is 88.3 cm³/mol. The van der Waals surface area contributed by atoms with E-state index in [1.165, 1.54) is 13.2 Å². The number of esters is 1. The van der Waals surface area contributed by atoms with Gasteiger partial charge in [-0.15, -0.1) is 8.78 Å². The number of fused-ring (bicyclic) bond motifs is 2. The second kappa shape index (κ2) is 6.61. The standard InChI is InChI=1S/C19H16F2O6/c1-23-17(22)7-12-10-25-16-8-13(5-6-14(12)16)24-9-11-3-2-4-15-18(11)27-19(20,21)26-15/h2-6,8,12H,7,9-10H2,1H3/t12-/m1/s1. The van der Waals surface area contributed by atoms with E-state index in [-0.39, 0.29) is 36.4 Å². The van der Waals surface area contributed by atoms with Crippen LogP contribution in [0.1, 0.15) is 23.5 Å². The molecule has 6 nitrogen and oxygen atoms in total. The number of methoxy groups -OCH3 is 1. The SMILES string of the molecule is COC(=O)C[C@@H]1COc2cc(OCc3cccc4c3OC(F)(F)O4)ccc21. The van der Waals surface area contributed by atoms with Crippen molar-refractivity contribution in [3.63, 3.8) is 0 Å². The molecule has 0 spiro atoms.